The highest BCUT2D eigenvalue weighted by molar-refractivity contribution is 5.16. The van der Waals surface area contributed by atoms with Gasteiger partial charge in [-0.05, 0) is 12.0 Å². The lowest BCUT2D eigenvalue weighted by molar-refractivity contribution is 0.199. The summed E-state index contributed by atoms with van der Waals surface area (Å²) in [6.07, 6.45) is 1.32. The smallest absolute Gasteiger partial charge is 0.243 e. The van der Waals surface area contributed by atoms with Crippen LogP contribution in [0.5, 0.6) is 0 Å². The van der Waals surface area contributed by atoms with Crippen LogP contribution in [-0.2, 0) is 17.6 Å². The third-order valence-electron chi connectivity index (χ3n) is 2.63. The van der Waals surface area contributed by atoms with Crippen LogP contribution >= 0.6 is 0 Å². The van der Waals surface area contributed by atoms with E-state index in [1.54, 1.807) is 7.11 Å². The predicted octanol–water partition coefficient (Wildman–Crippen LogP) is 1.50. The lowest BCUT2D eigenvalue weighted by atomic mass is 10.1. The van der Waals surface area contributed by atoms with Crippen LogP contribution in [0.25, 0.3) is 0 Å². The van der Waals surface area contributed by atoms with E-state index in [1.165, 1.54) is 0 Å². The van der Waals surface area contributed by atoms with Crippen molar-refractivity contribution in [3.05, 3.63) is 47.6 Å². The summed E-state index contributed by atoms with van der Waals surface area (Å²) in [4.78, 5) is 4.26. The molecule has 96 valence electrons. The molecular formula is C13H17N3O2. The van der Waals surface area contributed by atoms with Crippen molar-refractivity contribution in [1.82, 2.24) is 10.1 Å². The molecule has 0 fully saturated rings. The summed E-state index contributed by atoms with van der Waals surface area (Å²) in [6, 6.07) is 9.74. The number of ether oxygens (including phenoxy) is 1. The fourth-order valence-electron chi connectivity index (χ4n) is 1.67. The quantitative estimate of drug-likeness (QED) is 0.837. The van der Waals surface area contributed by atoms with Gasteiger partial charge in [0.1, 0.15) is 0 Å². The van der Waals surface area contributed by atoms with Crippen molar-refractivity contribution in [2.75, 3.05) is 13.7 Å². The van der Waals surface area contributed by atoms with Gasteiger partial charge in [-0.25, -0.2) is 0 Å². The molecule has 5 heteroatoms. The average Bonchev–Trinajstić information content (AvgIpc) is 2.86. The monoisotopic (exact) mass is 247 g/mol. The lowest BCUT2D eigenvalue weighted by Crippen LogP contribution is -2.13. The van der Waals surface area contributed by atoms with Crippen molar-refractivity contribution in [1.29, 1.82) is 0 Å². The van der Waals surface area contributed by atoms with Gasteiger partial charge in [0.25, 0.3) is 0 Å². The van der Waals surface area contributed by atoms with Gasteiger partial charge in [-0.1, -0.05) is 35.5 Å². The highest BCUT2D eigenvalue weighted by Gasteiger charge is 2.15. The number of nitrogens with two attached hydrogens (primary N) is 1. The Morgan fingerprint density at radius 2 is 2.11 bits per heavy atom. The van der Waals surface area contributed by atoms with Crippen LogP contribution in [0, 0.1) is 0 Å². The molecule has 1 aromatic carbocycles. The molecule has 5 nitrogen and oxygen atoms in total. The van der Waals surface area contributed by atoms with Gasteiger partial charge in [-0.3, -0.25) is 0 Å². The molecule has 0 spiro atoms. The first kappa shape index (κ1) is 12.7. The minimum atomic E-state index is -0.267. The average molecular weight is 247 g/mol. The summed E-state index contributed by atoms with van der Waals surface area (Å²) in [7, 11) is 1.64. The standard InChI is InChI=1S/C13H17N3O2/c1-17-8-7-12-15-13(18-16-12)11(14)9-10-5-3-2-4-6-10/h2-6,11H,7-9,14H2,1H3/t11-/m0/s1. The summed E-state index contributed by atoms with van der Waals surface area (Å²) in [5.74, 6) is 1.11. The maximum absolute atomic E-state index is 6.04. The lowest BCUT2D eigenvalue weighted by Gasteiger charge is -2.05. The highest BCUT2D eigenvalue weighted by atomic mass is 16.5. The second-order valence-corrected chi connectivity index (χ2v) is 4.09. The summed E-state index contributed by atoms with van der Waals surface area (Å²) in [5, 5.41) is 3.87. The van der Waals surface area contributed by atoms with Crippen molar-refractivity contribution < 1.29 is 9.26 Å². The van der Waals surface area contributed by atoms with Gasteiger partial charge in [0.05, 0.1) is 12.6 Å². The Bertz CT molecular complexity index is 470. The molecule has 1 atom stereocenters. The molecule has 0 saturated carbocycles. The van der Waals surface area contributed by atoms with Crippen LogP contribution in [0.3, 0.4) is 0 Å². The van der Waals surface area contributed by atoms with E-state index < -0.39 is 0 Å². The Balaban J connectivity index is 1.96. The Labute approximate surface area is 106 Å². The van der Waals surface area contributed by atoms with E-state index in [1.807, 2.05) is 30.3 Å². The summed E-state index contributed by atoms with van der Waals surface area (Å²) in [6.45, 7) is 0.576. The first-order chi connectivity index (χ1) is 8.79. The van der Waals surface area contributed by atoms with Gasteiger partial charge in [0, 0.05) is 13.5 Å². The maximum Gasteiger partial charge on any atom is 0.243 e. The van der Waals surface area contributed by atoms with Crippen LogP contribution in [0.2, 0.25) is 0 Å². The minimum Gasteiger partial charge on any atom is -0.384 e. The number of benzene rings is 1. The number of nitrogens with zero attached hydrogens (tertiary/aromatic N) is 2. The van der Waals surface area contributed by atoms with E-state index in [2.05, 4.69) is 10.1 Å². The Kier molecular flexibility index (Phi) is 4.44. The number of methoxy groups -OCH3 is 1. The SMILES string of the molecule is COCCc1noc([C@@H](N)Cc2ccccc2)n1. The van der Waals surface area contributed by atoms with Crippen molar-refractivity contribution in [2.24, 2.45) is 5.73 Å². The molecule has 2 aromatic rings. The largest absolute Gasteiger partial charge is 0.384 e. The van der Waals surface area contributed by atoms with Gasteiger partial charge in [-0.2, -0.15) is 4.98 Å². The molecule has 1 heterocycles. The van der Waals surface area contributed by atoms with Gasteiger partial charge in [0.15, 0.2) is 5.82 Å². The molecule has 18 heavy (non-hydrogen) atoms. The third-order valence-corrected chi connectivity index (χ3v) is 2.63. The number of aromatic nitrogens is 2. The van der Waals surface area contributed by atoms with E-state index in [9.17, 15) is 0 Å². The maximum atomic E-state index is 6.04. The van der Waals surface area contributed by atoms with Crippen LogP contribution in [0.1, 0.15) is 23.3 Å². The van der Waals surface area contributed by atoms with Crippen LogP contribution in [0.4, 0.5) is 0 Å². The van der Waals surface area contributed by atoms with Crippen molar-refractivity contribution >= 4 is 0 Å². The molecule has 0 aliphatic heterocycles. The van der Waals surface area contributed by atoms with E-state index in [0.717, 1.165) is 5.56 Å². The number of hydrogen-bond acceptors (Lipinski definition) is 5. The summed E-state index contributed by atoms with van der Waals surface area (Å²) < 4.78 is 10.1. The molecular weight excluding hydrogens is 230 g/mol. The van der Waals surface area contributed by atoms with Crippen LogP contribution in [-0.4, -0.2) is 23.9 Å². The molecule has 2 N–H and O–H groups in total. The molecule has 0 amide bonds. The number of rotatable bonds is 6. The summed E-state index contributed by atoms with van der Waals surface area (Å²) in [5.41, 5.74) is 7.20. The van der Waals surface area contributed by atoms with E-state index >= 15 is 0 Å². The van der Waals surface area contributed by atoms with Gasteiger partial charge in [0.2, 0.25) is 5.89 Å². The van der Waals surface area contributed by atoms with Crippen molar-refractivity contribution in [3.63, 3.8) is 0 Å². The molecule has 0 aliphatic rings. The zero-order valence-corrected chi connectivity index (χ0v) is 10.4. The molecule has 0 unspecified atom stereocenters. The highest BCUT2D eigenvalue weighted by Crippen LogP contribution is 2.14. The van der Waals surface area contributed by atoms with Gasteiger partial charge < -0.3 is 15.0 Å². The first-order valence-electron chi connectivity index (χ1n) is 5.90. The van der Waals surface area contributed by atoms with Crippen molar-refractivity contribution in [2.45, 2.75) is 18.9 Å². The predicted molar refractivity (Wildman–Crippen MR) is 67.0 cm³/mol. The van der Waals surface area contributed by atoms with E-state index in [0.29, 0.717) is 31.2 Å². The zero-order valence-electron chi connectivity index (χ0n) is 10.4. The molecule has 0 radical (unpaired) electrons. The normalized spacial score (nSPS) is 12.6. The Morgan fingerprint density at radius 3 is 2.83 bits per heavy atom. The van der Waals surface area contributed by atoms with Crippen LogP contribution in [0.15, 0.2) is 34.9 Å². The fraction of sp³-hybridized carbons (Fsp3) is 0.385. The minimum absolute atomic E-state index is 0.267. The second-order valence-electron chi connectivity index (χ2n) is 4.09. The molecule has 0 aliphatic carbocycles. The third kappa shape index (κ3) is 3.38. The van der Waals surface area contributed by atoms with Crippen molar-refractivity contribution in [3.8, 4) is 0 Å². The van der Waals surface area contributed by atoms with E-state index in [-0.39, 0.29) is 6.04 Å². The molecule has 1 aromatic heterocycles. The van der Waals surface area contributed by atoms with Crippen LogP contribution < -0.4 is 5.73 Å². The van der Waals surface area contributed by atoms with E-state index in [4.69, 9.17) is 15.0 Å². The zero-order chi connectivity index (χ0) is 12.8. The van der Waals surface area contributed by atoms with Gasteiger partial charge in [-0.15, -0.1) is 0 Å². The Hall–Kier alpha value is -1.72. The number of hydrogen-bond donors (Lipinski definition) is 1. The topological polar surface area (TPSA) is 74.2 Å². The molecule has 0 saturated heterocycles. The molecule has 2 rings (SSSR count). The Morgan fingerprint density at radius 1 is 1.33 bits per heavy atom. The van der Waals surface area contributed by atoms with Gasteiger partial charge >= 0.3 is 0 Å². The molecule has 0 bridgehead atoms. The first-order valence-corrected chi connectivity index (χ1v) is 5.90. The fourth-order valence-corrected chi connectivity index (χ4v) is 1.67. The second kappa shape index (κ2) is 6.28. The summed E-state index contributed by atoms with van der Waals surface area (Å²) >= 11 is 0.